The second-order valence-electron chi connectivity index (χ2n) is 2.67. The molecule has 0 heteroatoms. The lowest BCUT2D eigenvalue weighted by Crippen LogP contribution is -1.77. The van der Waals surface area contributed by atoms with Gasteiger partial charge in [0.1, 0.15) is 0 Å². The molecule has 0 atom stereocenters. The lowest BCUT2D eigenvalue weighted by Gasteiger charge is -1.97. The minimum absolute atomic E-state index is 1.00. The van der Waals surface area contributed by atoms with Crippen molar-refractivity contribution in [2.75, 3.05) is 0 Å². The molecule has 0 amide bonds. The Morgan fingerprint density at radius 2 is 1.25 bits per heavy atom. The third kappa shape index (κ3) is 4.73. The van der Waals surface area contributed by atoms with Gasteiger partial charge in [0.05, 0.1) is 0 Å². The third-order valence-electron chi connectivity index (χ3n) is 1.52. The first-order valence-electron chi connectivity index (χ1n) is 4.43. The molecule has 66 valence electrons. The van der Waals surface area contributed by atoms with Crippen LogP contribution in [0, 0.1) is 0 Å². The first kappa shape index (κ1) is 11.0. The van der Waals surface area contributed by atoms with Gasteiger partial charge in [0, 0.05) is 0 Å². The summed E-state index contributed by atoms with van der Waals surface area (Å²) in [7, 11) is 0. The number of hydrogen-bond donors (Lipinski definition) is 0. The second kappa shape index (κ2) is 6.66. The smallest absolute Gasteiger partial charge is 0.0265 e. The lowest BCUT2D eigenvalue weighted by molar-refractivity contribution is 1.21. The Balaban J connectivity index is 4.02. The molecule has 0 aromatic carbocycles. The van der Waals surface area contributed by atoms with Crippen molar-refractivity contribution >= 4 is 0 Å². The Hall–Kier alpha value is -1.04. The van der Waals surface area contributed by atoms with Crippen molar-refractivity contribution in [3.63, 3.8) is 0 Å². The van der Waals surface area contributed by atoms with Crippen LogP contribution in [-0.4, -0.2) is 0 Å². The number of hydrogen-bond acceptors (Lipinski definition) is 0. The van der Waals surface area contributed by atoms with Crippen molar-refractivity contribution in [1.29, 1.82) is 0 Å². The summed E-state index contributed by atoms with van der Waals surface area (Å²) in [4.78, 5) is 0. The van der Waals surface area contributed by atoms with E-state index in [1.54, 1.807) is 0 Å². The Morgan fingerprint density at radius 1 is 0.917 bits per heavy atom. The maximum Gasteiger partial charge on any atom is -0.0265 e. The summed E-state index contributed by atoms with van der Waals surface area (Å²) >= 11 is 0. The van der Waals surface area contributed by atoms with Gasteiger partial charge in [-0.2, -0.15) is 0 Å². The molecule has 0 rings (SSSR count). The van der Waals surface area contributed by atoms with E-state index in [2.05, 4.69) is 39.2 Å². The molecule has 0 saturated carbocycles. The summed E-state index contributed by atoms with van der Waals surface area (Å²) in [6.07, 6.45) is 10.3. The molecule has 0 bridgehead atoms. The molecule has 0 nitrogen and oxygen atoms in total. The quantitative estimate of drug-likeness (QED) is 0.535. The van der Waals surface area contributed by atoms with E-state index >= 15 is 0 Å². The predicted molar refractivity (Wildman–Crippen MR) is 57.1 cm³/mol. The van der Waals surface area contributed by atoms with E-state index in [4.69, 9.17) is 0 Å². The van der Waals surface area contributed by atoms with Crippen molar-refractivity contribution in [3.8, 4) is 0 Å². The van der Waals surface area contributed by atoms with Gasteiger partial charge in [-0.25, -0.2) is 0 Å². The number of allylic oxidation sites excluding steroid dienone is 6. The van der Waals surface area contributed by atoms with Gasteiger partial charge >= 0.3 is 0 Å². The second-order valence-corrected chi connectivity index (χ2v) is 2.67. The Bertz CT molecular complexity index is 180. The summed E-state index contributed by atoms with van der Waals surface area (Å²) < 4.78 is 0. The zero-order valence-electron chi connectivity index (χ0n) is 8.14. The van der Waals surface area contributed by atoms with Crippen LogP contribution in [0.3, 0.4) is 0 Å². The first-order valence-corrected chi connectivity index (χ1v) is 4.43. The molecule has 0 aliphatic heterocycles. The van der Waals surface area contributed by atoms with Crippen LogP contribution in [0.5, 0.6) is 0 Å². The van der Waals surface area contributed by atoms with Gasteiger partial charge in [0.25, 0.3) is 0 Å². The molecule has 0 fully saturated rings. The van der Waals surface area contributed by atoms with E-state index in [0.717, 1.165) is 24.0 Å². The highest BCUT2D eigenvalue weighted by atomic mass is 13.9. The standard InChI is InChI=1S/C12H18/c1-5-7-9-11(3)12(4)10-8-6-2/h7-10H,3-6H2,1-2H3/b9-7-,10-8-. The molecule has 0 spiro atoms. The van der Waals surface area contributed by atoms with Crippen LogP contribution < -0.4 is 0 Å². The first-order chi connectivity index (χ1) is 5.72. The third-order valence-corrected chi connectivity index (χ3v) is 1.52. The minimum atomic E-state index is 1.00. The minimum Gasteiger partial charge on any atom is -0.0912 e. The van der Waals surface area contributed by atoms with Crippen molar-refractivity contribution in [2.45, 2.75) is 26.7 Å². The van der Waals surface area contributed by atoms with Crippen molar-refractivity contribution < 1.29 is 0 Å². The fraction of sp³-hybridized carbons (Fsp3) is 0.333. The molecule has 0 aliphatic rings. The van der Waals surface area contributed by atoms with E-state index in [-0.39, 0.29) is 0 Å². The molecule has 0 heterocycles. The summed E-state index contributed by atoms with van der Waals surface area (Å²) in [5.41, 5.74) is 2.00. The topological polar surface area (TPSA) is 0 Å². The maximum atomic E-state index is 3.91. The normalized spacial score (nSPS) is 11.2. The highest BCUT2D eigenvalue weighted by Crippen LogP contribution is 2.08. The van der Waals surface area contributed by atoms with Gasteiger partial charge in [-0.15, -0.1) is 0 Å². The van der Waals surface area contributed by atoms with E-state index in [1.165, 1.54) is 0 Å². The fourth-order valence-corrected chi connectivity index (χ4v) is 0.734. The Morgan fingerprint density at radius 3 is 1.50 bits per heavy atom. The molecule has 0 radical (unpaired) electrons. The Kier molecular flexibility index (Phi) is 6.08. The van der Waals surface area contributed by atoms with E-state index in [1.807, 2.05) is 12.2 Å². The largest absolute Gasteiger partial charge is 0.0912 e. The monoisotopic (exact) mass is 162 g/mol. The molecular formula is C12H18. The average Bonchev–Trinajstić information content (AvgIpc) is 2.10. The predicted octanol–water partition coefficient (Wildman–Crippen LogP) is 4.03. The zero-order valence-corrected chi connectivity index (χ0v) is 8.14. The van der Waals surface area contributed by atoms with Gasteiger partial charge in [0.15, 0.2) is 0 Å². The summed E-state index contributed by atoms with van der Waals surface area (Å²) in [6, 6.07) is 0. The molecule has 0 unspecified atom stereocenters. The van der Waals surface area contributed by atoms with Crippen LogP contribution in [0.15, 0.2) is 48.6 Å². The van der Waals surface area contributed by atoms with Gasteiger partial charge < -0.3 is 0 Å². The Labute approximate surface area is 76.0 Å². The van der Waals surface area contributed by atoms with Crippen LogP contribution in [-0.2, 0) is 0 Å². The maximum absolute atomic E-state index is 3.91. The van der Waals surface area contributed by atoms with Crippen LogP contribution in [0.1, 0.15) is 26.7 Å². The molecule has 0 N–H and O–H groups in total. The summed E-state index contributed by atoms with van der Waals surface area (Å²) in [5, 5.41) is 0. The average molecular weight is 162 g/mol. The van der Waals surface area contributed by atoms with Crippen LogP contribution in [0.4, 0.5) is 0 Å². The molecule has 0 aromatic heterocycles. The molecular weight excluding hydrogens is 144 g/mol. The van der Waals surface area contributed by atoms with Gasteiger partial charge in [-0.1, -0.05) is 51.3 Å². The highest BCUT2D eigenvalue weighted by molar-refractivity contribution is 5.42. The van der Waals surface area contributed by atoms with Crippen molar-refractivity contribution in [1.82, 2.24) is 0 Å². The van der Waals surface area contributed by atoms with E-state index in [0.29, 0.717) is 0 Å². The van der Waals surface area contributed by atoms with Gasteiger partial charge in [-0.05, 0) is 24.0 Å². The van der Waals surface area contributed by atoms with Gasteiger partial charge in [-0.3, -0.25) is 0 Å². The SMILES string of the molecule is C=C(/C=C\CC)C(=C)/C=C\CC. The zero-order chi connectivity index (χ0) is 9.40. The summed E-state index contributed by atoms with van der Waals surface area (Å²) in [6.45, 7) is 12.0. The van der Waals surface area contributed by atoms with Gasteiger partial charge in [0.2, 0.25) is 0 Å². The van der Waals surface area contributed by atoms with Crippen molar-refractivity contribution in [2.24, 2.45) is 0 Å². The number of rotatable bonds is 5. The lowest BCUT2D eigenvalue weighted by atomic mass is 10.1. The highest BCUT2D eigenvalue weighted by Gasteiger charge is 1.88. The van der Waals surface area contributed by atoms with Crippen LogP contribution in [0.2, 0.25) is 0 Å². The summed E-state index contributed by atoms with van der Waals surface area (Å²) in [5.74, 6) is 0. The molecule has 0 saturated heterocycles. The fourth-order valence-electron chi connectivity index (χ4n) is 0.734. The molecule has 0 aromatic rings. The van der Waals surface area contributed by atoms with Crippen molar-refractivity contribution in [3.05, 3.63) is 48.6 Å². The molecule has 0 aliphatic carbocycles. The van der Waals surface area contributed by atoms with Crippen LogP contribution >= 0.6 is 0 Å². The molecule has 12 heavy (non-hydrogen) atoms. The van der Waals surface area contributed by atoms with Crippen LogP contribution in [0.25, 0.3) is 0 Å². The van der Waals surface area contributed by atoms with E-state index < -0.39 is 0 Å². The van der Waals surface area contributed by atoms with E-state index in [9.17, 15) is 0 Å².